The average molecular weight is 426 g/mol. The number of halogens is 1. The van der Waals surface area contributed by atoms with Crippen molar-refractivity contribution in [1.29, 1.82) is 0 Å². The summed E-state index contributed by atoms with van der Waals surface area (Å²) in [5, 5.41) is 20.1. The smallest absolute Gasteiger partial charge is 0.255 e. The van der Waals surface area contributed by atoms with E-state index in [2.05, 4.69) is 25.7 Å². The van der Waals surface area contributed by atoms with E-state index in [4.69, 9.17) is 0 Å². The number of imidazole rings is 1. The number of carbonyl (C=O) groups is 1. The number of amides is 1. The first kappa shape index (κ1) is 21.2. The molecule has 1 saturated carbocycles. The Kier molecular flexibility index (Phi) is 5.62. The second-order valence-corrected chi connectivity index (χ2v) is 8.66. The molecule has 0 spiro atoms. The fourth-order valence-electron chi connectivity index (χ4n) is 3.34. The maximum absolute atomic E-state index is 14.1. The van der Waals surface area contributed by atoms with Crippen molar-refractivity contribution in [2.45, 2.75) is 57.8 Å². The fourth-order valence-corrected chi connectivity index (χ4v) is 3.34. The van der Waals surface area contributed by atoms with Crippen LogP contribution in [0.25, 0.3) is 17.0 Å². The van der Waals surface area contributed by atoms with Crippen molar-refractivity contribution in [3.05, 3.63) is 41.9 Å². The van der Waals surface area contributed by atoms with Crippen LogP contribution in [0.1, 0.15) is 49.0 Å². The second-order valence-electron chi connectivity index (χ2n) is 8.66. The molecule has 4 rings (SSSR count). The minimum atomic E-state index is -1.58. The molecule has 8 nitrogen and oxygen atoms in total. The van der Waals surface area contributed by atoms with Crippen LogP contribution >= 0.6 is 0 Å². The highest BCUT2D eigenvalue weighted by Gasteiger charge is 2.28. The number of anilines is 1. The molecular formula is C22H27FN6O2. The molecule has 3 N–H and O–H groups in total. The number of alkyl halides is 1. The number of hydrogen-bond donors (Lipinski definition) is 3. The van der Waals surface area contributed by atoms with Gasteiger partial charge in [-0.05, 0) is 57.7 Å². The summed E-state index contributed by atoms with van der Waals surface area (Å²) in [5.41, 5.74) is 2.49. The van der Waals surface area contributed by atoms with Crippen LogP contribution in [0.15, 0.2) is 30.7 Å². The number of aromatic nitrogens is 4. The Bertz CT molecular complexity index is 1100. The molecule has 0 radical (unpaired) electrons. The van der Waals surface area contributed by atoms with Gasteiger partial charge in [-0.2, -0.15) is 5.10 Å². The molecule has 3 aromatic rings. The van der Waals surface area contributed by atoms with Gasteiger partial charge in [-0.15, -0.1) is 0 Å². The van der Waals surface area contributed by atoms with Gasteiger partial charge in [0, 0.05) is 12.2 Å². The number of rotatable bonds is 7. The predicted molar refractivity (Wildman–Crippen MR) is 116 cm³/mol. The third-order valence-electron chi connectivity index (χ3n) is 5.58. The van der Waals surface area contributed by atoms with E-state index in [1.807, 2.05) is 13.0 Å². The first-order valence-corrected chi connectivity index (χ1v) is 10.4. The topological polar surface area (TPSA) is 104 Å². The molecule has 1 amide bonds. The lowest BCUT2D eigenvalue weighted by Gasteiger charge is -2.28. The Balaban J connectivity index is 1.63. The Morgan fingerprint density at radius 3 is 2.74 bits per heavy atom. The number of pyridine rings is 1. The van der Waals surface area contributed by atoms with Crippen molar-refractivity contribution in [2.24, 2.45) is 0 Å². The van der Waals surface area contributed by atoms with Crippen molar-refractivity contribution in [2.75, 3.05) is 11.9 Å². The van der Waals surface area contributed by atoms with Crippen molar-refractivity contribution in [3.8, 4) is 11.4 Å². The number of hydrogen-bond acceptors (Lipinski definition) is 6. The molecule has 9 heteroatoms. The maximum Gasteiger partial charge on any atom is 0.255 e. The first-order chi connectivity index (χ1) is 14.7. The molecule has 164 valence electrons. The fraction of sp³-hybridized carbons (Fsp3) is 0.455. The Hall–Kier alpha value is -3.07. The number of aryl methyl sites for hydroxylation is 1. The van der Waals surface area contributed by atoms with Gasteiger partial charge in [0.15, 0.2) is 5.65 Å². The van der Waals surface area contributed by atoms with Crippen LogP contribution in [0.5, 0.6) is 0 Å². The Labute approximate surface area is 179 Å². The average Bonchev–Trinajstić information content (AvgIpc) is 3.10. The highest BCUT2D eigenvalue weighted by molar-refractivity contribution is 6.00. The van der Waals surface area contributed by atoms with Crippen LogP contribution in [0.2, 0.25) is 0 Å². The van der Waals surface area contributed by atoms with Gasteiger partial charge in [-0.3, -0.25) is 9.78 Å². The number of fused-ring (bicyclic) bond motifs is 1. The van der Waals surface area contributed by atoms with E-state index >= 15 is 0 Å². The lowest BCUT2D eigenvalue weighted by molar-refractivity contribution is -0.00177. The molecule has 0 bridgehead atoms. The minimum absolute atomic E-state index is 0.287. The van der Waals surface area contributed by atoms with Crippen LogP contribution in [0.3, 0.4) is 0 Å². The van der Waals surface area contributed by atoms with Crippen LogP contribution in [0.4, 0.5) is 10.1 Å². The Morgan fingerprint density at radius 1 is 1.29 bits per heavy atom. The molecule has 1 aliphatic carbocycles. The molecule has 3 heterocycles. The van der Waals surface area contributed by atoms with Gasteiger partial charge in [-0.1, -0.05) is 0 Å². The standard InChI is InChI=1S/C22H27FN6O2/c1-13-7-20-25-11-18(29(20)27-9-13)17-8-16(28-14-5-4-6-14)15(10-24-17)21(30)26-12-19(23)22(2,3)31/h7-11,14,19,31H,4-6,12H2,1-3H3,(H,24,28)(H,26,30). The third-order valence-corrected chi connectivity index (χ3v) is 5.58. The van der Waals surface area contributed by atoms with Gasteiger partial charge in [0.2, 0.25) is 0 Å². The summed E-state index contributed by atoms with van der Waals surface area (Å²) in [6, 6.07) is 4.03. The highest BCUT2D eigenvalue weighted by Crippen LogP contribution is 2.29. The van der Waals surface area contributed by atoms with Crippen molar-refractivity contribution < 1.29 is 14.3 Å². The number of nitrogens with zero attached hydrogens (tertiary/aromatic N) is 4. The highest BCUT2D eigenvalue weighted by atomic mass is 19.1. The lowest BCUT2D eigenvalue weighted by atomic mass is 9.92. The SMILES string of the molecule is Cc1cnn2c(-c3cc(NC4CCC4)c(C(=O)NCC(F)C(C)(C)O)cn3)cnc2c1. The van der Waals surface area contributed by atoms with E-state index in [1.165, 1.54) is 20.0 Å². The van der Waals surface area contributed by atoms with E-state index in [0.29, 0.717) is 28.3 Å². The zero-order valence-corrected chi connectivity index (χ0v) is 17.9. The Morgan fingerprint density at radius 2 is 2.06 bits per heavy atom. The summed E-state index contributed by atoms with van der Waals surface area (Å²) in [5.74, 6) is -0.445. The summed E-state index contributed by atoms with van der Waals surface area (Å²) in [6.07, 6.45) is 6.55. The van der Waals surface area contributed by atoms with Crippen LogP contribution in [0, 0.1) is 6.92 Å². The van der Waals surface area contributed by atoms with Gasteiger partial charge in [0.1, 0.15) is 11.9 Å². The molecule has 1 unspecified atom stereocenters. The molecule has 31 heavy (non-hydrogen) atoms. The van der Waals surface area contributed by atoms with Crippen molar-refractivity contribution >= 4 is 17.2 Å². The van der Waals surface area contributed by atoms with Crippen molar-refractivity contribution in [1.82, 2.24) is 24.9 Å². The van der Waals surface area contributed by atoms with E-state index < -0.39 is 17.7 Å². The molecule has 0 saturated heterocycles. The molecule has 1 atom stereocenters. The molecule has 1 aliphatic rings. The zero-order valence-electron chi connectivity index (χ0n) is 17.9. The van der Waals surface area contributed by atoms with E-state index in [0.717, 1.165) is 24.8 Å². The lowest BCUT2D eigenvalue weighted by Crippen LogP contribution is -2.42. The van der Waals surface area contributed by atoms with E-state index in [-0.39, 0.29) is 12.6 Å². The monoisotopic (exact) mass is 426 g/mol. The van der Waals surface area contributed by atoms with Gasteiger partial charge >= 0.3 is 0 Å². The number of carbonyl (C=O) groups excluding carboxylic acids is 1. The largest absolute Gasteiger partial charge is 0.387 e. The van der Waals surface area contributed by atoms with Gasteiger partial charge in [0.05, 0.1) is 41.5 Å². The van der Waals surface area contributed by atoms with E-state index in [9.17, 15) is 14.3 Å². The van der Waals surface area contributed by atoms with Gasteiger partial charge in [-0.25, -0.2) is 13.9 Å². The van der Waals surface area contributed by atoms with Gasteiger partial charge in [0.25, 0.3) is 5.91 Å². The first-order valence-electron chi connectivity index (χ1n) is 10.4. The zero-order chi connectivity index (χ0) is 22.2. The number of aliphatic hydroxyl groups is 1. The van der Waals surface area contributed by atoms with Crippen LogP contribution < -0.4 is 10.6 Å². The summed E-state index contributed by atoms with van der Waals surface area (Å²) in [7, 11) is 0. The van der Waals surface area contributed by atoms with Crippen LogP contribution in [-0.2, 0) is 0 Å². The summed E-state index contributed by atoms with van der Waals surface area (Å²) < 4.78 is 15.8. The molecule has 3 aromatic heterocycles. The van der Waals surface area contributed by atoms with Crippen molar-refractivity contribution in [3.63, 3.8) is 0 Å². The molecule has 1 fully saturated rings. The van der Waals surface area contributed by atoms with Gasteiger partial charge < -0.3 is 15.7 Å². The molecule has 0 aromatic carbocycles. The summed E-state index contributed by atoms with van der Waals surface area (Å²) >= 11 is 0. The summed E-state index contributed by atoms with van der Waals surface area (Å²) in [6.45, 7) is 4.40. The number of nitrogens with one attached hydrogen (secondary N) is 2. The molecule has 0 aliphatic heterocycles. The second kappa shape index (κ2) is 8.22. The predicted octanol–water partition coefficient (Wildman–Crippen LogP) is 2.90. The third kappa shape index (κ3) is 4.51. The van der Waals surface area contributed by atoms with E-state index in [1.54, 1.807) is 23.0 Å². The minimum Gasteiger partial charge on any atom is -0.387 e. The molecular weight excluding hydrogens is 399 g/mol. The quantitative estimate of drug-likeness (QED) is 0.537. The normalized spacial score (nSPS) is 15.5. The van der Waals surface area contributed by atoms with Crippen LogP contribution in [-0.4, -0.2) is 55.0 Å². The summed E-state index contributed by atoms with van der Waals surface area (Å²) in [4.78, 5) is 21.6. The maximum atomic E-state index is 14.1.